The number of thiophene rings is 1. The molecule has 0 unspecified atom stereocenters. The van der Waals surface area contributed by atoms with E-state index in [1.54, 1.807) is 59.5 Å². The van der Waals surface area contributed by atoms with E-state index in [2.05, 4.69) is 10.6 Å². The standard InChI is InChI=1S/C24H21N3O5S/c1-14(28)25-17-9-7-16(8-10-17)23(30)27-12-11-18-19(13-27)33-22(20(18)24(31)32)26-21(29)15-5-3-2-4-6-15/h2-10H,11-13H2,1H3,(H,25,28)(H,26,29)(H,31,32). The van der Waals surface area contributed by atoms with Crippen LogP contribution in [0.1, 0.15) is 48.4 Å². The van der Waals surface area contributed by atoms with Crippen molar-refractivity contribution in [2.24, 2.45) is 0 Å². The third-order valence-corrected chi connectivity index (χ3v) is 6.41. The Morgan fingerprint density at radius 3 is 2.27 bits per heavy atom. The van der Waals surface area contributed by atoms with Gasteiger partial charge in [0, 0.05) is 35.2 Å². The lowest BCUT2D eigenvalue weighted by molar-refractivity contribution is -0.114. The molecule has 3 amide bonds. The van der Waals surface area contributed by atoms with Gasteiger partial charge in [0.1, 0.15) is 5.00 Å². The largest absolute Gasteiger partial charge is 0.478 e. The molecule has 0 spiro atoms. The number of amides is 3. The summed E-state index contributed by atoms with van der Waals surface area (Å²) in [5.41, 5.74) is 2.25. The first-order chi connectivity index (χ1) is 15.8. The third-order valence-electron chi connectivity index (χ3n) is 5.27. The zero-order valence-corrected chi connectivity index (χ0v) is 18.6. The molecule has 3 N–H and O–H groups in total. The van der Waals surface area contributed by atoms with Crippen LogP contribution < -0.4 is 10.6 Å². The first kappa shape index (κ1) is 22.2. The van der Waals surface area contributed by atoms with Crippen molar-refractivity contribution < 1.29 is 24.3 Å². The van der Waals surface area contributed by atoms with Crippen molar-refractivity contribution in [3.63, 3.8) is 0 Å². The molecule has 0 saturated carbocycles. The lowest BCUT2D eigenvalue weighted by Gasteiger charge is -2.27. The predicted octanol–water partition coefficient (Wildman–Crippen LogP) is 3.86. The maximum atomic E-state index is 13.0. The van der Waals surface area contributed by atoms with E-state index in [1.165, 1.54) is 18.3 Å². The number of carbonyl (C=O) groups excluding carboxylic acids is 3. The molecule has 0 aliphatic carbocycles. The highest BCUT2D eigenvalue weighted by Gasteiger charge is 2.30. The van der Waals surface area contributed by atoms with Crippen molar-refractivity contribution in [3.05, 3.63) is 81.7 Å². The normalized spacial score (nSPS) is 12.6. The lowest BCUT2D eigenvalue weighted by atomic mass is 10.0. The number of hydrogen-bond donors (Lipinski definition) is 3. The summed E-state index contributed by atoms with van der Waals surface area (Å²) >= 11 is 1.18. The van der Waals surface area contributed by atoms with Gasteiger partial charge in [0.05, 0.1) is 12.1 Å². The molecule has 0 bridgehead atoms. The molecular formula is C24H21N3O5S. The van der Waals surface area contributed by atoms with Crippen LogP contribution in [0.25, 0.3) is 0 Å². The van der Waals surface area contributed by atoms with Gasteiger partial charge in [-0.1, -0.05) is 18.2 Å². The molecule has 0 radical (unpaired) electrons. The highest BCUT2D eigenvalue weighted by atomic mass is 32.1. The summed E-state index contributed by atoms with van der Waals surface area (Å²) in [5.74, 6) is -1.87. The van der Waals surface area contributed by atoms with E-state index in [-0.39, 0.29) is 34.8 Å². The summed E-state index contributed by atoms with van der Waals surface area (Å²) < 4.78 is 0. The number of nitrogens with one attached hydrogen (secondary N) is 2. The van der Waals surface area contributed by atoms with Gasteiger partial charge in [-0.15, -0.1) is 11.3 Å². The van der Waals surface area contributed by atoms with Crippen LogP contribution in [0.15, 0.2) is 54.6 Å². The number of hydrogen-bond acceptors (Lipinski definition) is 5. The summed E-state index contributed by atoms with van der Waals surface area (Å²) in [7, 11) is 0. The zero-order valence-electron chi connectivity index (χ0n) is 17.8. The second kappa shape index (κ2) is 9.25. The van der Waals surface area contributed by atoms with E-state index in [4.69, 9.17) is 0 Å². The number of nitrogens with zero attached hydrogens (tertiary/aromatic N) is 1. The Hall–Kier alpha value is -3.98. The minimum Gasteiger partial charge on any atom is -0.478 e. The fraction of sp³-hybridized carbons (Fsp3) is 0.167. The zero-order chi connectivity index (χ0) is 23.5. The number of fused-ring (bicyclic) bond motifs is 1. The molecule has 168 valence electrons. The topological polar surface area (TPSA) is 116 Å². The predicted molar refractivity (Wildman–Crippen MR) is 125 cm³/mol. The third kappa shape index (κ3) is 4.78. The van der Waals surface area contributed by atoms with Crippen molar-refractivity contribution >= 4 is 45.7 Å². The number of aromatic carboxylic acids is 1. The summed E-state index contributed by atoms with van der Waals surface area (Å²) in [4.78, 5) is 51.1. The van der Waals surface area contributed by atoms with E-state index in [0.717, 1.165) is 4.88 Å². The first-order valence-corrected chi connectivity index (χ1v) is 11.1. The molecule has 0 atom stereocenters. The number of anilines is 2. The minimum absolute atomic E-state index is 0.0889. The molecule has 1 aromatic heterocycles. The summed E-state index contributed by atoms with van der Waals surface area (Å²) in [5, 5.41) is 15.4. The van der Waals surface area contributed by atoms with Crippen LogP contribution in [-0.4, -0.2) is 40.2 Å². The smallest absolute Gasteiger partial charge is 0.339 e. The van der Waals surface area contributed by atoms with Gasteiger partial charge in [0.2, 0.25) is 5.91 Å². The molecule has 9 heteroatoms. The molecule has 8 nitrogen and oxygen atoms in total. The Morgan fingerprint density at radius 1 is 0.939 bits per heavy atom. The highest BCUT2D eigenvalue weighted by molar-refractivity contribution is 7.17. The summed E-state index contributed by atoms with van der Waals surface area (Å²) in [6.45, 7) is 2.03. The van der Waals surface area contributed by atoms with Crippen LogP contribution in [0.5, 0.6) is 0 Å². The van der Waals surface area contributed by atoms with Gasteiger partial charge in [0.25, 0.3) is 11.8 Å². The van der Waals surface area contributed by atoms with Crippen molar-refractivity contribution in [2.45, 2.75) is 19.9 Å². The molecule has 33 heavy (non-hydrogen) atoms. The van der Waals surface area contributed by atoms with Crippen LogP contribution in [0.3, 0.4) is 0 Å². The van der Waals surface area contributed by atoms with Gasteiger partial charge in [0.15, 0.2) is 0 Å². The lowest BCUT2D eigenvalue weighted by Crippen LogP contribution is -2.35. The maximum Gasteiger partial charge on any atom is 0.339 e. The van der Waals surface area contributed by atoms with Crippen molar-refractivity contribution in [1.29, 1.82) is 0 Å². The number of carbonyl (C=O) groups is 4. The molecule has 0 saturated heterocycles. The Bertz CT molecular complexity index is 1230. The van der Waals surface area contributed by atoms with Crippen LogP contribution in [0.2, 0.25) is 0 Å². The number of carboxylic acids is 1. The summed E-state index contributed by atoms with van der Waals surface area (Å²) in [6.07, 6.45) is 0.379. The number of benzene rings is 2. The second-order valence-electron chi connectivity index (χ2n) is 7.57. The Labute approximate surface area is 193 Å². The van der Waals surface area contributed by atoms with Crippen molar-refractivity contribution in [3.8, 4) is 0 Å². The molecule has 1 aliphatic rings. The first-order valence-electron chi connectivity index (χ1n) is 10.2. The van der Waals surface area contributed by atoms with Crippen LogP contribution in [0.4, 0.5) is 10.7 Å². The molecule has 4 rings (SSSR count). The van der Waals surface area contributed by atoms with Crippen LogP contribution in [0, 0.1) is 0 Å². The Morgan fingerprint density at radius 2 is 1.64 bits per heavy atom. The Kier molecular flexibility index (Phi) is 6.23. The number of rotatable bonds is 5. The highest BCUT2D eigenvalue weighted by Crippen LogP contribution is 2.37. The quantitative estimate of drug-likeness (QED) is 0.531. The average molecular weight is 464 g/mol. The molecule has 2 aromatic carbocycles. The molecule has 2 heterocycles. The van der Waals surface area contributed by atoms with Crippen molar-refractivity contribution in [1.82, 2.24) is 4.90 Å². The summed E-state index contributed by atoms with van der Waals surface area (Å²) in [6, 6.07) is 15.2. The van der Waals surface area contributed by atoms with Gasteiger partial charge in [-0.05, 0) is 48.4 Å². The van der Waals surface area contributed by atoms with E-state index in [9.17, 15) is 24.3 Å². The number of carboxylic acid groups (broad SMARTS) is 1. The van der Waals surface area contributed by atoms with Gasteiger partial charge >= 0.3 is 5.97 Å². The fourth-order valence-corrected chi connectivity index (χ4v) is 4.99. The Balaban J connectivity index is 1.54. The van der Waals surface area contributed by atoms with Crippen LogP contribution >= 0.6 is 11.3 Å². The monoisotopic (exact) mass is 463 g/mol. The van der Waals surface area contributed by atoms with Gasteiger partial charge in [-0.2, -0.15) is 0 Å². The average Bonchev–Trinajstić information content (AvgIpc) is 3.16. The molecule has 1 aliphatic heterocycles. The van der Waals surface area contributed by atoms with E-state index >= 15 is 0 Å². The molecular weight excluding hydrogens is 442 g/mol. The molecule has 0 fully saturated rings. The van der Waals surface area contributed by atoms with E-state index < -0.39 is 5.97 Å². The SMILES string of the molecule is CC(=O)Nc1ccc(C(=O)N2CCc3c(sc(NC(=O)c4ccccc4)c3C(=O)O)C2)cc1. The second-order valence-corrected chi connectivity index (χ2v) is 8.67. The van der Waals surface area contributed by atoms with Gasteiger partial charge < -0.3 is 20.6 Å². The fourth-order valence-electron chi connectivity index (χ4n) is 3.74. The molecule has 3 aromatic rings. The van der Waals surface area contributed by atoms with Crippen molar-refractivity contribution in [2.75, 3.05) is 17.2 Å². The maximum absolute atomic E-state index is 13.0. The van der Waals surface area contributed by atoms with Crippen LogP contribution in [-0.2, 0) is 17.8 Å². The van der Waals surface area contributed by atoms with E-state index in [0.29, 0.717) is 35.3 Å². The van der Waals surface area contributed by atoms with E-state index in [1.807, 2.05) is 0 Å². The minimum atomic E-state index is -1.11. The van der Waals surface area contributed by atoms with Gasteiger partial charge in [-0.25, -0.2) is 4.79 Å². The van der Waals surface area contributed by atoms with Gasteiger partial charge in [-0.3, -0.25) is 14.4 Å².